The first-order chi connectivity index (χ1) is 18.3. The van der Waals surface area contributed by atoms with E-state index in [-0.39, 0.29) is 23.4 Å². The molecule has 1 aliphatic rings. The number of piperidine rings is 1. The van der Waals surface area contributed by atoms with Gasteiger partial charge >= 0.3 is 0 Å². The molecule has 0 aromatic heterocycles. The zero-order chi connectivity index (χ0) is 27.1. The van der Waals surface area contributed by atoms with Gasteiger partial charge in [0.15, 0.2) is 0 Å². The molecular weight excluding hydrogens is 484 g/mol. The SMILES string of the molecule is CC(C)C(=O)Nc1cccc(C2CCN(CCC(NC(=O)c3ccc(F)cc3F)c3ccccc3)CC2)c1. The zero-order valence-corrected chi connectivity index (χ0v) is 21.9. The second kappa shape index (κ2) is 12.8. The Hall–Kier alpha value is -3.58. The van der Waals surface area contributed by atoms with Crippen LogP contribution >= 0.6 is 0 Å². The van der Waals surface area contributed by atoms with Crippen LogP contribution in [0.15, 0.2) is 72.8 Å². The molecule has 3 aromatic carbocycles. The monoisotopic (exact) mass is 519 g/mol. The van der Waals surface area contributed by atoms with Gasteiger partial charge in [-0.05, 0) is 73.7 Å². The topological polar surface area (TPSA) is 61.4 Å². The van der Waals surface area contributed by atoms with Crippen molar-refractivity contribution in [2.24, 2.45) is 5.92 Å². The van der Waals surface area contributed by atoms with Gasteiger partial charge in [0.05, 0.1) is 11.6 Å². The number of carbonyl (C=O) groups excluding carboxylic acids is 2. The quantitative estimate of drug-likeness (QED) is 0.349. The third-order valence-electron chi connectivity index (χ3n) is 7.15. The minimum atomic E-state index is -0.871. The first-order valence-electron chi connectivity index (χ1n) is 13.2. The molecular formula is C31H35F2N3O2. The van der Waals surface area contributed by atoms with Gasteiger partial charge in [0.25, 0.3) is 5.91 Å². The van der Waals surface area contributed by atoms with Crippen molar-refractivity contribution in [3.8, 4) is 0 Å². The summed E-state index contributed by atoms with van der Waals surface area (Å²) < 4.78 is 27.5. The number of hydrogen-bond acceptors (Lipinski definition) is 3. The standard InChI is InChI=1S/C31H35F2N3O2/c1-21(2)30(37)34-26-10-6-9-24(19-26)22-13-16-36(17-14-22)18-15-29(23-7-4-3-5-8-23)35-31(38)27-12-11-25(32)20-28(27)33/h3-12,19-22,29H,13-18H2,1-2H3,(H,34,37)(H,35,38). The van der Waals surface area contributed by atoms with Crippen molar-refractivity contribution in [2.75, 3.05) is 25.0 Å². The summed E-state index contributed by atoms with van der Waals surface area (Å²) >= 11 is 0. The van der Waals surface area contributed by atoms with E-state index in [9.17, 15) is 18.4 Å². The fourth-order valence-corrected chi connectivity index (χ4v) is 4.88. The van der Waals surface area contributed by atoms with Crippen LogP contribution in [0.5, 0.6) is 0 Å². The molecule has 0 bridgehead atoms. The van der Waals surface area contributed by atoms with Crippen molar-refractivity contribution in [1.82, 2.24) is 10.2 Å². The molecule has 38 heavy (non-hydrogen) atoms. The number of nitrogens with one attached hydrogen (secondary N) is 2. The van der Waals surface area contributed by atoms with E-state index >= 15 is 0 Å². The van der Waals surface area contributed by atoms with Gasteiger partial charge in [-0.25, -0.2) is 8.78 Å². The maximum Gasteiger partial charge on any atom is 0.254 e. The minimum absolute atomic E-state index is 0.0131. The second-order valence-electron chi connectivity index (χ2n) is 10.2. The summed E-state index contributed by atoms with van der Waals surface area (Å²) in [7, 11) is 0. The van der Waals surface area contributed by atoms with Crippen LogP contribution in [0.1, 0.15) is 66.6 Å². The van der Waals surface area contributed by atoms with Crippen LogP contribution in [0.3, 0.4) is 0 Å². The second-order valence-corrected chi connectivity index (χ2v) is 10.2. The number of likely N-dealkylation sites (tertiary alicyclic amines) is 1. The van der Waals surface area contributed by atoms with Crippen molar-refractivity contribution in [3.63, 3.8) is 0 Å². The average molecular weight is 520 g/mol. The number of nitrogens with zero attached hydrogens (tertiary/aromatic N) is 1. The molecule has 1 heterocycles. The van der Waals surface area contributed by atoms with Crippen LogP contribution in [0.25, 0.3) is 0 Å². The van der Waals surface area contributed by atoms with Gasteiger partial charge in [0.2, 0.25) is 5.91 Å². The van der Waals surface area contributed by atoms with E-state index in [1.165, 1.54) is 11.6 Å². The normalized spacial score (nSPS) is 15.3. The number of benzene rings is 3. The Labute approximate surface area is 223 Å². The highest BCUT2D eigenvalue weighted by atomic mass is 19.1. The van der Waals surface area contributed by atoms with Crippen molar-refractivity contribution in [1.29, 1.82) is 0 Å². The van der Waals surface area contributed by atoms with Crippen LogP contribution in [-0.4, -0.2) is 36.3 Å². The third-order valence-corrected chi connectivity index (χ3v) is 7.15. The van der Waals surface area contributed by atoms with E-state index in [0.717, 1.165) is 55.9 Å². The van der Waals surface area contributed by atoms with Gasteiger partial charge in [0, 0.05) is 24.2 Å². The number of hydrogen-bond donors (Lipinski definition) is 2. The Morgan fingerprint density at radius 2 is 1.68 bits per heavy atom. The predicted molar refractivity (Wildman–Crippen MR) is 146 cm³/mol. The van der Waals surface area contributed by atoms with Gasteiger partial charge in [-0.3, -0.25) is 9.59 Å². The zero-order valence-electron chi connectivity index (χ0n) is 21.9. The summed E-state index contributed by atoms with van der Waals surface area (Å²) in [6.45, 7) is 6.39. The summed E-state index contributed by atoms with van der Waals surface area (Å²) in [5.41, 5.74) is 2.85. The lowest BCUT2D eigenvalue weighted by Crippen LogP contribution is -2.37. The van der Waals surface area contributed by atoms with Crippen molar-refractivity contribution in [2.45, 2.75) is 45.1 Å². The lowest BCUT2D eigenvalue weighted by Gasteiger charge is -2.33. The molecule has 3 aromatic rings. The van der Waals surface area contributed by atoms with E-state index in [2.05, 4.69) is 27.7 Å². The number of halogens is 2. The average Bonchev–Trinajstić information content (AvgIpc) is 2.91. The minimum Gasteiger partial charge on any atom is -0.345 e. The summed E-state index contributed by atoms with van der Waals surface area (Å²) in [6.07, 6.45) is 2.68. The van der Waals surface area contributed by atoms with Gasteiger partial charge in [-0.15, -0.1) is 0 Å². The first-order valence-corrected chi connectivity index (χ1v) is 13.2. The predicted octanol–water partition coefficient (Wildman–Crippen LogP) is 6.30. The molecule has 5 nitrogen and oxygen atoms in total. The van der Waals surface area contributed by atoms with E-state index in [1.54, 1.807) is 0 Å². The van der Waals surface area contributed by atoms with Gasteiger partial charge in [-0.2, -0.15) is 0 Å². The number of carbonyl (C=O) groups is 2. The highest BCUT2D eigenvalue weighted by Crippen LogP contribution is 2.30. The van der Waals surface area contributed by atoms with Crippen LogP contribution in [0, 0.1) is 17.6 Å². The van der Waals surface area contributed by atoms with Gasteiger partial charge < -0.3 is 15.5 Å². The molecule has 0 radical (unpaired) electrons. The summed E-state index contributed by atoms with van der Waals surface area (Å²) in [6, 6.07) is 20.5. The van der Waals surface area contributed by atoms with Gasteiger partial charge in [-0.1, -0.05) is 56.3 Å². The Balaban J connectivity index is 1.35. The molecule has 7 heteroatoms. The summed E-state index contributed by atoms with van der Waals surface area (Å²) in [5, 5.41) is 5.94. The third kappa shape index (κ3) is 7.25. The summed E-state index contributed by atoms with van der Waals surface area (Å²) in [4.78, 5) is 27.3. The van der Waals surface area contributed by atoms with Crippen LogP contribution < -0.4 is 10.6 Å². The fourth-order valence-electron chi connectivity index (χ4n) is 4.88. The first kappa shape index (κ1) is 27.5. The van der Waals surface area contributed by atoms with Crippen molar-refractivity contribution < 1.29 is 18.4 Å². The molecule has 1 unspecified atom stereocenters. The molecule has 1 saturated heterocycles. The molecule has 1 aliphatic heterocycles. The Morgan fingerprint density at radius 1 is 0.947 bits per heavy atom. The van der Waals surface area contributed by atoms with E-state index < -0.39 is 17.5 Å². The number of amides is 2. The van der Waals surface area contributed by atoms with E-state index in [0.29, 0.717) is 12.3 Å². The Morgan fingerprint density at radius 3 is 2.37 bits per heavy atom. The van der Waals surface area contributed by atoms with Crippen LogP contribution in [0.4, 0.5) is 14.5 Å². The highest BCUT2D eigenvalue weighted by molar-refractivity contribution is 5.94. The van der Waals surface area contributed by atoms with Crippen LogP contribution in [0.2, 0.25) is 0 Å². The molecule has 2 N–H and O–H groups in total. The molecule has 1 atom stereocenters. The summed E-state index contributed by atoms with van der Waals surface area (Å²) in [5.74, 6) is -1.77. The Kier molecular flexibility index (Phi) is 9.24. The maximum absolute atomic E-state index is 14.2. The van der Waals surface area contributed by atoms with Crippen LogP contribution in [-0.2, 0) is 4.79 Å². The molecule has 2 amide bonds. The highest BCUT2D eigenvalue weighted by Gasteiger charge is 2.24. The Bertz CT molecular complexity index is 1240. The fraction of sp³-hybridized carbons (Fsp3) is 0.355. The molecule has 0 saturated carbocycles. The van der Waals surface area contributed by atoms with Gasteiger partial charge in [0.1, 0.15) is 11.6 Å². The van der Waals surface area contributed by atoms with Crippen molar-refractivity contribution >= 4 is 17.5 Å². The van der Waals surface area contributed by atoms with E-state index in [1.807, 2.05) is 56.3 Å². The lowest BCUT2D eigenvalue weighted by molar-refractivity contribution is -0.118. The van der Waals surface area contributed by atoms with E-state index in [4.69, 9.17) is 0 Å². The number of rotatable bonds is 9. The lowest BCUT2D eigenvalue weighted by atomic mass is 9.89. The smallest absolute Gasteiger partial charge is 0.254 e. The molecule has 0 spiro atoms. The van der Waals surface area contributed by atoms with Crippen molar-refractivity contribution in [3.05, 3.63) is 101 Å². The maximum atomic E-state index is 14.2. The largest absolute Gasteiger partial charge is 0.345 e. The molecule has 1 fully saturated rings. The number of anilines is 1. The molecule has 4 rings (SSSR count). The molecule has 200 valence electrons. The molecule has 0 aliphatic carbocycles.